The molecule has 0 bridgehead atoms. The molecule has 1 aromatic rings. The van der Waals surface area contributed by atoms with Gasteiger partial charge in [0.15, 0.2) is 0 Å². The maximum absolute atomic E-state index is 12.5. The quantitative estimate of drug-likeness (QED) is 0.891. The van der Waals surface area contributed by atoms with Crippen LogP contribution >= 0.6 is 0 Å². The molecule has 0 aliphatic heterocycles. The van der Waals surface area contributed by atoms with Crippen molar-refractivity contribution in [2.75, 3.05) is 0 Å². The monoisotopic (exact) mass is 339 g/mol. The van der Waals surface area contributed by atoms with Crippen molar-refractivity contribution in [3.63, 3.8) is 0 Å². The van der Waals surface area contributed by atoms with Crippen LogP contribution in [0.1, 0.15) is 57.8 Å². The molecule has 0 amide bonds. The van der Waals surface area contributed by atoms with Crippen LogP contribution in [0.25, 0.3) is 0 Å². The van der Waals surface area contributed by atoms with Crippen LogP contribution in [0.3, 0.4) is 0 Å². The Kier molecular flexibility index (Phi) is 5.48. The average molecular weight is 339 g/mol. The first-order valence-corrected chi connectivity index (χ1v) is 10.1. The van der Waals surface area contributed by atoms with E-state index in [9.17, 15) is 8.42 Å². The zero-order chi connectivity index (χ0) is 16.1. The third kappa shape index (κ3) is 4.64. The number of hydrogen-bond acceptors (Lipinski definition) is 5. The summed E-state index contributed by atoms with van der Waals surface area (Å²) in [7, 11) is -3.17. The zero-order valence-electron chi connectivity index (χ0n) is 13.4. The number of hydrogen-bond donors (Lipinski definition) is 1. The second-order valence-electron chi connectivity index (χ2n) is 6.56. The van der Waals surface area contributed by atoms with Crippen LogP contribution in [0.2, 0.25) is 0 Å². The van der Waals surface area contributed by atoms with Crippen LogP contribution in [-0.2, 0) is 10.0 Å². The van der Waals surface area contributed by atoms with Crippen molar-refractivity contribution >= 4 is 10.0 Å². The van der Waals surface area contributed by atoms with E-state index in [1.165, 1.54) is 0 Å². The summed E-state index contributed by atoms with van der Waals surface area (Å²) >= 11 is 0. The Morgan fingerprint density at radius 3 is 2.39 bits per heavy atom. The summed E-state index contributed by atoms with van der Waals surface area (Å²) in [6.07, 6.45) is 13.1. The lowest BCUT2D eigenvalue weighted by molar-refractivity contribution is 0.138. The van der Waals surface area contributed by atoms with Crippen molar-refractivity contribution in [3.05, 3.63) is 18.6 Å². The van der Waals surface area contributed by atoms with Gasteiger partial charge in [-0.05, 0) is 38.5 Å². The van der Waals surface area contributed by atoms with Crippen molar-refractivity contribution in [3.8, 4) is 5.88 Å². The Morgan fingerprint density at radius 1 is 1.00 bits per heavy atom. The van der Waals surface area contributed by atoms with Crippen LogP contribution < -0.4 is 9.46 Å². The van der Waals surface area contributed by atoms with Gasteiger partial charge in [-0.15, -0.1) is 0 Å². The molecule has 23 heavy (non-hydrogen) atoms. The Balaban J connectivity index is 1.47. The van der Waals surface area contributed by atoms with E-state index >= 15 is 0 Å². The first-order valence-electron chi connectivity index (χ1n) is 8.57. The highest BCUT2D eigenvalue weighted by molar-refractivity contribution is 7.90. The molecule has 3 rings (SSSR count). The topological polar surface area (TPSA) is 81.2 Å². The van der Waals surface area contributed by atoms with Crippen LogP contribution in [0.4, 0.5) is 0 Å². The molecule has 0 spiro atoms. The summed E-state index contributed by atoms with van der Waals surface area (Å²) in [4.78, 5) is 8.10. The van der Waals surface area contributed by atoms with Crippen molar-refractivity contribution in [2.24, 2.45) is 0 Å². The molecular formula is C16H25N3O3S. The molecule has 6 nitrogen and oxygen atoms in total. The third-order valence-corrected chi connectivity index (χ3v) is 6.83. The number of nitrogens with zero attached hydrogens (tertiary/aromatic N) is 2. The van der Waals surface area contributed by atoms with Crippen molar-refractivity contribution in [2.45, 2.75) is 75.2 Å². The Hall–Kier alpha value is -1.21. The second kappa shape index (κ2) is 7.57. The van der Waals surface area contributed by atoms with E-state index in [0.29, 0.717) is 5.88 Å². The van der Waals surface area contributed by atoms with Gasteiger partial charge in [-0.3, -0.25) is 4.98 Å². The van der Waals surface area contributed by atoms with Crippen molar-refractivity contribution in [1.82, 2.24) is 14.7 Å². The van der Waals surface area contributed by atoms with E-state index in [0.717, 1.165) is 57.8 Å². The summed E-state index contributed by atoms with van der Waals surface area (Å²) in [5.74, 6) is 0.540. The largest absolute Gasteiger partial charge is 0.473 e. The first kappa shape index (κ1) is 16.6. The molecule has 0 atom stereocenters. The van der Waals surface area contributed by atoms with Gasteiger partial charge in [0.25, 0.3) is 0 Å². The van der Waals surface area contributed by atoms with Crippen LogP contribution in [0.5, 0.6) is 5.88 Å². The average Bonchev–Trinajstić information content (AvgIpc) is 2.58. The van der Waals surface area contributed by atoms with E-state index in [1.54, 1.807) is 18.6 Å². The molecule has 2 fully saturated rings. The fraction of sp³-hybridized carbons (Fsp3) is 0.750. The normalized spacial score (nSPS) is 26.8. The lowest BCUT2D eigenvalue weighted by Crippen LogP contribution is -2.44. The van der Waals surface area contributed by atoms with E-state index in [1.807, 2.05) is 0 Å². The number of nitrogens with one attached hydrogen (secondary N) is 1. The molecule has 0 radical (unpaired) electrons. The molecule has 1 N–H and O–H groups in total. The van der Waals surface area contributed by atoms with Crippen LogP contribution in [-0.4, -0.2) is 35.8 Å². The van der Waals surface area contributed by atoms with E-state index in [2.05, 4.69) is 14.7 Å². The van der Waals surface area contributed by atoms with Crippen LogP contribution in [0, 0.1) is 0 Å². The number of aromatic nitrogens is 2. The van der Waals surface area contributed by atoms with Gasteiger partial charge in [0, 0.05) is 18.4 Å². The molecule has 0 saturated heterocycles. The van der Waals surface area contributed by atoms with Gasteiger partial charge in [-0.25, -0.2) is 18.1 Å². The molecule has 0 unspecified atom stereocenters. The maximum atomic E-state index is 12.5. The van der Waals surface area contributed by atoms with Gasteiger partial charge in [-0.1, -0.05) is 19.3 Å². The maximum Gasteiger partial charge on any atom is 0.232 e. The lowest BCUT2D eigenvalue weighted by atomic mass is 9.94. The molecule has 7 heteroatoms. The Bertz CT molecular complexity index is 580. The SMILES string of the molecule is O=S(=O)(NC1CCC(Oc2cnccn2)CC1)C1CCCCC1. The highest BCUT2D eigenvalue weighted by atomic mass is 32.2. The van der Waals surface area contributed by atoms with Gasteiger partial charge in [-0.2, -0.15) is 0 Å². The Morgan fingerprint density at radius 2 is 1.74 bits per heavy atom. The van der Waals surface area contributed by atoms with Gasteiger partial charge < -0.3 is 4.74 Å². The van der Waals surface area contributed by atoms with E-state index < -0.39 is 10.0 Å². The van der Waals surface area contributed by atoms with Gasteiger partial charge in [0.1, 0.15) is 6.10 Å². The van der Waals surface area contributed by atoms with Crippen molar-refractivity contribution < 1.29 is 13.2 Å². The molecule has 2 aliphatic carbocycles. The first-order chi connectivity index (χ1) is 11.1. The number of sulfonamides is 1. The molecule has 2 saturated carbocycles. The standard InChI is InChI=1S/C16H25N3O3S/c20-23(21,15-4-2-1-3-5-15)19-13-6-8-14(9-7-13)22-16-12-17-10-11-18-16/h10-15,19H,1-9H2. The molecule has 128 valence electrons. The predicted molar refractivity (Wildman–Crippen MR) is 87.6 cm³/mol. The number of ether oxygens (including phenoxy) is 1. The summed E-state index contributed by atoms with van der Waals surface area (Å²) in [6, 6.07) is 0.0450. The fourth-order valence-corrected chi connectivity index (χ4v) is 5.37. The van der Waals surface area contributed by atoms with E-state index in [4.69, 9.17) is 4.74 Å². The summed E-state index contributed by atoms with van der Waals surface area (Å²) < 4.78 is 33.7. The highest BCUT2D eigenvalue weighted by Crippen LogP contribution is 2.26. The molecule has 0 aromatic carbocycles. The van der Waals surface area contributed by atoms with Crippen molar-refractivity contribution in [1.29, 1.82) is 0 Å². The molecule has 1 heterocycles. The second-order valence-corrected chi connectivity index (χ2v) is 8.55. The van der Waals surface area contributed by atoms with Gasteiger partial charge in [0.2, 0.25) is 15.9 Å². The predicted octanol–water partition coefficient (Wildman–Crippen LogP) is 2.42. The highest BCUT2D eigenvalue weighted by Gasteiger charge is 2.31. The summed E-state index contributed by atoms with van der Waals surface area (Å²) in [5.41, 5.74) is 0. The summed E-state index contributed by atoms with van der Waals surface area (Å²) in [5, 5.41) is -0.190. The minimum atomic E-state index is -3.17. The third-order valence-electron chi connectivity index (χ3n) is 4.82. The zero-order valence-corrected chi connectivity index (χ0v) is 14.2. The van der Waals surface area contributed by atoms with Gasteiger partial charge >= 0.3 is 0 Å². The van der Waals surface area contributed by atoms with Gasteiger partial charge in [0.05, 0.1) is 11.4 Å². The number of rotatable bonds is 5. The molecular weight excluding hydrogens is 314 g/mol. The minimum absolute atomic E-state index is 0.0450. The smallest absolute Gasteiger partial charge is 0.232 e. The Labute approximate surface area is 138 Å². The molecule has 2 aliphatic rings. The minimum Gasteiger partial charge on any atom is -0.473 e. The fourth-order valence-electron chi connectivity index (χ4n) is 3.52. The van der Waals surface area contributed by atoms with E-state index in [-0.39, 0.29) is 17.4 Å². The lowest BCUT2D eigenvalue weighted by Gasteiger charge is -2.31. The van der Waals surface area contributed by atoms with Crippen LogP contribution in [0.15, 0.2) is 18.6 Å². The molecule has 1 aromatic heterocycles. The summed E-state index contributed by atoms with van der Waals surface area (Å²) in [6.45, 7) is 0.